The van der Waals surface area contributed by atoms with Crippen molar-refractivity contribution in [2.24, 2.45) is 0 Å². The topological polar surface area (TPSA) is 54.7 Å². The van der Waals surface area contributed by atoms with Crippen LogP contribution in [0.5, 0.6) is 5.75 Å². The van der Waals surface area contributed by atoms with E-state index in [4.69, 9.17) is 9.72 Å². The second kappa shape index (κ2) is 7.60. The van der Waals surface area contributed by atoms with Crippen LogP contribution in [0.25, 0.3) is 16.9 Å². The zero-order chi connectivity index (χ0) is 19.8. The van der Waals surface area contributed by atoms with Crippen LogP contribution in [0.2, 0.25) is 0 Å². The predicted octanol–water partition coefficient (Wildman–Crippen LogP) is 3.61. The fourth-order valence-electron chi connectivity index (χ4n) is 3.85. The van der Waals surface area contributed by atoms with Gasteiger partial charge >= 0.3 is 0 Å². The first-order valence-electron chi connectivity index (χ1n) is 9.26. The summed E-state index contributed by atoms with van der Waals surface area (Å²) in [5, 5.41) is 4.69. The first kappa shape index (κ1) is 19.0. The molecule has 1 saturated heterocycles. The lowest BCUT2D eigenvalue weighted by molar-refractivity contribution is 0.386. The van der Waals surface area contributed by atoms with Crippen LogP contribution in [0.4, 0.5) is 10.1 Å². The van der Waals surface area contributed by atoms with Crippen LogP contribution >= 0.6 is 11.9 Å². The Balaban J connectivity index is 1.81. The van der Waals surface area contributed by atoms with E-state index in [-0.39, 0.29) is 5.75 Å². The molecular weight excluding hydrogens is 377 g/mol. The quantitative estimate of drug-likeness (QED) is 0.659. The van der Waals surface area contributed by atoms with E-state index >= 15 is 0 Å². The van der Waals surface area contributed by atoms with Crippen LogP contribution in [0.3, 0.4) is 0 Å². The van der Waals surface area contributed by atoms with Crippen molar-refractivity contribution >= 4 is 23.3 Å². The molecule has 0 bridgehead atoms. The van der Waals surface area contributed by atoms with Gasteiger partial charge in [0.25, 0.3) is 0 Å². The van der Waals surface area contributed by atoms with Crippen LogP contribution < -0.4 is 14.4 Å². The van der Waals surface area contributed by atoms with Crippen molar-refractivity contribution in [3.8, 4) is 17.0 Å². The van der Waals surface area contributed by atoms with Gasteiger partial charge in [-0.05, 0) is 50.8 Å². The van der Waals surface area contributed by atoms with E-state index in [1.807, 2.05) is 24.4 Å². The second-order valence-electron chi connectivity index (χ2n) is 7.06. The van der Waals surface area contributed by atoms with Crippen molar-refractivity contribution < 1.29 is 9.13 Å². The van der Waals surface area contributed by atoms with Gasteiger partial charge in [0.05, 0.1) is 29.9 Å². The Hall–Kier alpha value is -2.32. The SMILES string of the molecule is COc1ccc(-c2c(C)nc3c(N4CCC(NSC)C4)cc(C)nn23)cc1F. The van der Waals surface area contributed by atoms with Crippen molar-refractivity contribution in [1.29, 1.82) is 0 Å². The number of fused-ring (bicyclic) bond motifs is 1. The Labute approximate surface area is 168 Å². The number of halogens is 1. The highest BCUT2D eigenvalue weighted by Gasteiger charge is 2.26. The van der Waals surface area contributed by atoms with Gasteiger partial charge in [-0.1, -0.05) is 11.9 Å². The minimum atomic E-state index is -0.396. The van der Waals surface area contributed by atoms with E-state index in [9.17, 15) is 4.39 Å². The number of hydrogen-bond acceptors (Lipinski definition) is 6. The molecule has 2 aromatic heterocycles. The number of aromatic nitrogens is 3. The van der Waals surface area contributed by atoms with Crippen LogP contribution in [0, 0.1) is 19.7 Å². The maximum atomic E-state index is 14.3. The average Bonchev–Trinajstić information content (AvgIpc) is 3.25. The van der Waals surface area contributed by atoms with E-state index in [0.29, 0.717) is 6.04 Å². The number of imidazole rings is 1. The molecule has 3 aromatic rings. The van der Waals surface area contributed by atoms with Gasteiger partial charge < -0.3 is 9.64 Å². The molecule has 28 heavy (non-hydrogen) atoms. The number of rotatable bonds is 5. The smallest absolute Gasteiger partial charge is 0.178 e. The summed E-state index contributed by atoms with van der Waals surface area (Å²) in [5.74, 6) is -0.169. The molecule has 4 rings (SSSR count). The zero-order valence-electron chi connectivity index (χ0n) is 16.5. The summed E-state index contributed by atoms with van der Waals surface area (Å²) in [6.45, 7) is 5.81. The number of benzene rings is 1. The summed E-state index contributed by atoms with van der Waals surface area (Å²) >= 11 is 1.66. The van der Waals surface area contributed by atoms with Gasteiger partial charge in [-0.3, -0.25) is 4.72 Å². The van der Waals surface area contributed by atoms with Crippen molar-refractivity contribution in [2.45, 2.75) is 26.3 Å². The summed E-state index contributed by atoms with van der Waals surface area (Å²) in [5.41, 5.74) is 5.13. The summed E-state index contributed by atoms with van der Waals surface area (Å²) in [6, 6.07) is 7.50. The molecule has 1 fully saturated rings. The molecule has 0 aliphatic carbocycles. The number of methoxy groups -OCH3 is 1. The van der Waals surface area contributed by atoms with Gasteiger partial charge in [0.2, 0.25) is 0 Å². The zero-order valence-corrected chi connectivity index (χ0v) is 17.3. The first-order valence-corrected chi connectivity index (χ1v) is 10.5. The fraction of sp³-hybridized carbons (Fsp3) is 0.400. The van der Waals surface area contributed by atoms with Gasteiger partial charge in [0.1, 0.15) is 0 Å². The number of nitrogens with zero attached hydrogens (tertiary/aromatic N) is 4. The van der Waals surface area contributed by atoms with Gasteiger partial charge in [0.15, 0.2) is 17.2 Å². The molecule has 1 aliphatic heterocycles. The molecule has 1 N–H and O–H groups in total. The van der Waals surface area contributed by atoms with E-state index in [1.54, 1.807) is 18.0 Å². The maximum Gasteiger partial charge on any atom is 0.178 e. The lowest BCUT2D eigenvalue weighted by atomic mass is 10.1. The minimum Gasteiger partial charge on any atom is -0.494 e. The van der Waals surface area contributed by atoms with Crippen molar-refractivity contribution in [3.05, 3.63) is 41.5 Å². The molecule has 0 saturated carbocycles. The molecule has 148 valence electrons. The number of aryl methyl sites for hydroxylation is 2. The summed E-state index contributed by atoms with van der Waals surface area (Å²) in [4.78, 5) is 7.15. The van der Waals surface area contributed by atoms with Crippen LogP contribution in [0.1, 0.15) is 17.8 Å². The van der Waals surface area contributed by atoms with Crippen LogP contribution in [-0.4, -0.2) is 47.1 Å². The second-order valence-corrected chi connectivity index (χ2v) is 7.70. The molecular formula is C20H24FN5OS. The summed E-state index contributed by atoms with van der Waals surface area (Å²) in [7, 11) is 1.46. The van der Waals surface area contributed by atoms with Crippen molar-refractivity contribution in [2.75, 3.05) is 31.4 Å². The Morgan fingerprint density at radius 3 is 2.82 bits per heavy atom. The molecule has 1 aliphatic rings. The van der Waals surface area contributed by atoms with Gasteiger partial charge in [-0.2, -0.15) is 5.10 Å². The molecule has 0 amide bonds. The predicted molar refractivity (Wildman–Crippen MR) is 112 cm³/mol. The minimum absolute atomic E-state index is 0.226. The maximum absolute atomic E-state index is 14.3. The summed E-state index contributed by atoms with van der Waals surface area (Å²) in [6.07, 6.45) is 3.14. The molecule has 6 nitrogen and oxygen atoms in total. The van der Waals surface area contributed by atoms with E-state index < -0.39 is 5.82 Å². The Bertz CT molecular complexity index is 1020. The lowest BCUT2D eigenvalue weighted by Crippen LogP contribution is -2.28. The largest absolute Gasteiger partial charge is 0.494 e. The molecule has 1 aromatic carbocycles. The van der Waals surface area contributed by atoms with Crippen LogP contribution in [-0.2, 0) is 0 Å². The van der Waals surface area contributed by atoms with Gasteiger partial charge in [0, 0.05) is 24.7 Å². The Morgan fingerprint density at radius 2 is 2.11 bits per heavy atom. The highest BCUT2D eigenvalue weighted by atomic mass is 32.2. The van der Waals surface area contributed by atoms with E-state index in [1.165, 1.54) is 13.2 Å². The number of nitrogens with one attached hydrogen (secondary N) is 1. The van der Waals surface area contributed by atoms with E-state index in [2.05, 4.69) is 27.0 Å². The highest BCUT2D eigenvalue weighted by Crippen LogP contribution is 2.32. The molecule has 0 radical (unpaired) electrons. The van der Waals surface area contributed by atoms with Crippen LogP contribution in [0.15, 0.2) is 24.3 Å². The molecule has 1 unspecified atom stereocenters. The standard InChI is InChI=1S/C20H24FN5OS/c1-12-9-17(25-8-7-15(11-25)24-28-4)20-22-13(2)19(26(20)23-12)14-5-6-18(27-3)16(21)10-14/h5-6,9-10,15,24H,7-8,11H2,1-4H3. The number of ether oxygens (including phenoxy) is 1. The van der Waals surface area contributed by atoms with Gasteiger partial charge in [-0.25, -0.2) is 13.9 Å². The summed E-state index contributed by atoms with van der Waals surface area (Å²) < 4.78 is 24.6. The third-order valence-corrected chi connectivity index (χ3v) is 5.67. The van der Waals surface area contributed by atoms with E-state index in [0.717, 1.165) is 53.5 Å². The van der Waals surface area contributed by atoms with Crippen molar-refractivity contribution in [3.63, 3.8) is 0 Å². The number of hydrogen-bond donors (Lipinski definition) is 1. The van der Waals surface area contributed by atoms with Gasteiger partial charge in [-0.15, -0.1) is 0 Å². The van der Waals surface area contributed by atoms with Crippen molar-refractivity contribution in [1.82, 2.24) is 19.3 Å². The first-order chi connectivity index (χ1) is 13.5. The molecule has 3 heterocycles. The monoisotopic (exact) mass is 401 g/mol. The highest BCUT2D eigenvalue weighted by molar-refractivity contribution is 7.96. The third kappa shape index (κ3) is 3.31. The number of anilines is 1. The fourth-order valence-corrected chi connectivity index (χ4v) is 4.38. The Morgan fingerprint density at radius 1 is 1.29 bits per heavy atom. The third-order valence-electron chi connectivity index (χ3n) is 5.10. The molecule has 0 spiro atoms. The normalized spacial score (nSPS) is 16.9. The lowest BCUT2D eigenvalue weighted by Gasteiger charge is -2.20. The Kier molecular flexibility index (Phi) is 5.16. The molecule has 1 atom stereocenters. The molecule has 8 heteroatoms. The average molecular weight is 402 g/mol.